The average Bonchev–Trinajstić information content (AvgIpc) is 2.29. The van der Waals surface area contributed by atoms with Gasteiger partial charge in [-0.3, -0.25) is 0 Å². The zero-order valence-corrected chi connectivity index (χ0v) is 9.66. The van der Waals surface area contributed by atoms with Crippen LogP contribution < -0.4 is 11.1 Å². The normalized spacial score (nSPS) is 10.1. The highest BCUT2D eigenvalue weighted by atomic mass is 32.2. The summed E-state index contributed by atoms with van der Waals surface area (Å²) in [4.78, 5) is 9.11. The molecular formula is C11H12N4S. The van der Waals surface area contributed by atoms with Crippen LogP contribution in [0.5, 0.6) is 0 Å². The van der Waals surface area contributed by atoms with E-state index in [0.717, 1.165) is 5.69 Å². The highest BCUT2D eigenvalue weighted by Crippen LogP contribution is 2.21. The van der Waals surface area contributed by atoms with E-state index < -0.39 is 0 Å². The van der Waals surface area contributed by atoms with Crippen LogP contribution in [0.1, 0.15) is 0 Å². The van der Waals surface area contributed by atoms with Crippen LogP contribution in [0, 0.1) is 0 Å². The fraction of sp³-hybridized carbons (Fsp3) is 0.0909. The molecule has 0 atom stereocenters. The van der Waals surface area contributed by atoms with Crippen molar-refractivity contribution in [1.29, 1.82) is 0 Å². The molecule has 16 heavy (non-hydrogen) atoms. The zero-order valence-electron chi connectivity index (χ0n) is 8.84. The van der Waals surface area contributed by atoms with Crippen molar-refractivity contribution in [3.05, 3.63) is 36.5 Å². The van der Waals surface area contributed by atoms with E-state index in [-0.39, 0.29) is 5.95 Å². The number of hydrogen-bond acceptors (Lipinski definition) is 5. The molecule has 5 heteroatoms. The molecule has 0 amide bonds. The predicted molar refractivity (Wildman–Crippen MR) is 68.0 cm³/mol. The van der Waals surface area contributed by atoms with E-state index in [4.69, 9.17) is 5.73 Å². The maximum Gasteiger partial charge on any atom is 0.221 e. The second-order valence-corrected chi connectivity index (χ2v) is 4.04. The van der Waals surface area contributed by atoms with Crippen molar-refractivity contribution in [1.82, 2.24) is 9.97 Å². The molecule has 0 spiro atoms. The molecule has 0 unspecified atom stereocenters. The Bertz CT molecular complexity index is 487. The van der Waals surface area contributed by atoms with Crippen LogP contribution in [0.2, 0.25) is 0 Å². The third-order valence-corrected chi connectivity index (χ3v) is 2.74. The Morgan fingerprint density at radius 3 is 2.94 bits per heavy atom. The quantitative estimate of drug-likeness (QED) is 0.796. The number of nitrogens with two attached hydrogens (primary N) is 1. The monoisotopic (exact) mass is 232 g/mol. The maximum absolute atomic E-state index is 5.50. The molecule has 0 bridgehead atoms. The molecule has 2 rings (SSSR count). The lowest BCUT2D eigenvalue weighted by molar-refractivity contribution is 1.18. The lowest BCUT2D eigenvalue weighted by Crippen LogP contribution is -1.98. The minimum absolute atomic E-state index is 0.269. The summed E-state index contributed by atoms with van der Waals surface area (Å²) < 4.78 is 0. The lowest BCUT2D eigenvalue weighted by atomic mass is 10.3. The van der Waals surface area contributed by atoms with Gasteiger partial charge in [-0.2, -0.15) is 4.98 Å². The molecular weight excluding hydrogens is 220 g/mol. The Hall–Kier alpha value is -1.75. The highest BCUT2D eigenvalue weighted by molar-refractivity contribution is 7.98. The molecule has 0 saturated carbocycles. The number of nitrogens with zero attached hydrogens (tertiary/aromatic N) is 2. The first-order valence-corrected chi connectivity index (χ1v) is 6.00. The summed E-state index contributed by atoms with van der Waals surface area (Å²) in [6, 6.07) is 9.88. The smallest absolute Gasteiger partial charge is 0.221 e. The summed E-state index contributed by atoms with van der Waals surface area (Å²) in [6.07, 6.45) is 3.67. The molecule has 0 fully saturated rings. The molecule has 4 nitrogen and oxygen atoms in total. The highest BCUT2D eigenvalue weighted by Gasteiger charge is 1.98. The maximum atomic E-state index is 5.50. The van der Waals surface area contributed by atoms with Gasteiger partial charge in [0.25, 0.3) is 0 Å². The summed E-state index contributed by atoms with van der Waals surface area (Å²) in [6.45, 7) is 0. The third-order valence-electron chi connectivity index (χ3n) is 2.02. The topological polar surface area (TPSA) is 63.8 Å². The Labute approximate surface area is 98.3 Å². The molecule has 3 N–H and O–H groups in total. The minimum atomic E-state index is 0.269. The fourth-order valence-electron chi connectivity index (χ4n) is 1.29. The van der Waals surface area contributed by atoms with Gasteiger partial charge in [-0.1, -0.05) is 6.07 Å². The molecule has 1 aromatic carbocycles. The van der Waals surface area contributed by atoms with Gasteiger partial charge in [0.1, 0.15) is 5.82 Å². The first-order chi connectivity index (χ1) is 7.78. The van der Waals surface area contributed by atoms with Crippen LogP contribution in [-0.2, 0) is 0 Å². The Kier molecular flexibility index (Phi) is 3.26. The van der Waals surface area contributed by atoms with Gasteiger partial charge in [0.2, 0.25) is 5.95 Å². The molecule has 0 aliphatic heterocycles. The first-order valence-electron chi connectivity index (χ1n) is 4.77. The largest absolute Gasteiger partial charge is 0.368 e. The number of hydrogen-bond donors (Lipinski definition) is 2. The van der Waals surface area contributed by atoms with E-state index in [1.54, 1.807) is 24.0 Å². The van der Waals surface area contributed by atoms with Crippen LogP contribution in [0.25, 0.3) is 0 Å². The van der Waals surface area contributed by atoms with Crippen LogP contribution >= 0.6 is 11.8 Å². The molecule has 0 saturated heterocycles. The first kappa shape index (κ1) is 10.8. The van der Waals surface area contributed by atoms with Crippen molar-refractivity contribution in [2.45, 2.75) is 4.90 Å². The van der Waals surface area contributed by atoms with Gasteiger partial charge in [0, 0.05) is 16.8 Å². The molecule has 1 aromatic heterocycles. The van der Waals surface area contributed by atoms with Crippen molar-refractivity contribution in [2.75, 3.05) is 17.3 Å². The standard InChI is InChI=1S/C11H12N4S/c1-16-9-4-2-3-8(7-9)14-10-5-6-13-11(12)15-10/h2-7H,1H3,(H3,12,13,14,15). The number of nitrogens with one attached hydrogen (secondary N) is 1. The average molecular weight is 232 g/mol. The van der Waals surface area contributed by atoms with E-state index >= 15 is 0 Å². The molecule has 0 aliphatic carbocycles. The van der Waals surface area contributed by atoms with Crippen molar-refractivity contribution < 1.29 is 0 Å². The van der Waals surface area contributed by atoms with Crippen LogP contribution in [0.4, 0.5) is 17.5 Å². The molecule has 1 heterocycles. The van der Waals surface area contributed by atoms with Crippen LogP contribution in [-0.4, -0.2) is 16.2 Å². The second-order valence-electron chi connectivity index (χ2n) is 3.16. The SMILES string of the molecule is CSc1cccc(Nc2ccnc(N)n2)c1. The van der Waals surface area contributed by atoms with Gasteiger partial charge in [0.15, 0.2) is 0 Å². The third kappa shape index (κ3) is 2.64. The van der Waals surface area contributed by atoms with Gasteiger partial charge in [0.05, 0.1) is 0 Å². The van der Waals surface area contributed by atoms with Crippen LogP contribution in [0.15, 0.2) is 41.4 Å². The van der Waals surface area contributed by atoms with Gasteiger partial charge in [-0.25, -0.2) is 4.98 Å². The molecule has 2 aromatic rings. The summed E-state index contributed by atoms with van der Waals surface area (Å²) in [5.74, 6) is 0.969. The zero-order chi connectivity index (χ0) is 11.4. The van der Waals surface area contributed by atoms with Crippen molar-refractivity contribution in [3.8, 4) is 0 Å². The second kappa shape index (κ2) is 4.85. The molecule has 0 radical (unpaired) electrons. The van der Waals surface area contributed by atoms with Gasteiger partial charge >= 0.3 is 0 Å². The lowest BCUT2D eigenvalue weighted by Gasteiger charge is -2.06. The van der Waals surface area contributed by atoms with Crippen LogP contribution in [0.3, 0.4) is 0 Å². The summed E-state index contributed by atoms with van der Waals surface area (Å²) >= 11 is 1.70. The van der Waals surface area contributed by atoms with Gasteiger partial charge in [-0.05, 0) is 30.5 Å². The summed E-state index contributed by atoms with van der Waals surface area (Å²) in [7, 11) is 0. The summed E-state index contributed by atoms with van der Waals surface area (Å²) in [5, 5.41) is 3.18. The fourth-order valence-corrected chi connectivity index (χ4v) is 1.75. The molecule has 0 aliphatic rings. The van der Waals surface area contributed by atoms with E-state index in [9.17, 15) is 0 Å². The van der Waals surface area contributed by atoms with Crippen molar-refractivity contribution in [3.63, 3.8) is 0 Å². The van der Waals surface area contributed by atoms with E-state index in [1.165, 1.54) is 4.90 Å². The number of thioether (sulfide) groups is 1. The number of benzene rings is 1. The van der Waals surface area contributed by atoms with Gasteiger partial charge in [-0.15, -0.1) is 11.8 Å². The number of nitrogen functional groups attached to an aromatic ring is 1. The van der Waals surface area contributed by atoms with Gasteiger partial charge < -0.3 is 11.1 Å². The molecule has 82 valence electrons. The number of rotatable bonds is 3. The number of aromatic nitrogens is 2. The Morgan fingerprint density at radius 2 is 2.19 bits per heavy atom. The van der Waals surface area contributed by atoms with E-state index in [0.29, 0.717) is 5.82 Å². The number of anilines is 3. The minimum Gasteiger partial charge on any atom is -0.368 e. The van der Waals surface area contributed by atoms with E-state index in [1.807, 2.05) is 18.4 Å². The Morgan fingerprint density at radius 1 is 1.31 bits per heavy atom. The van der Waals surface area contributed by atoms with Crippen molar-refractivity contribution in [2.24, 2.45) is 0 Å². The Balaban J connectivity index is 2.20. The van der Waals surface area contributed by atoms with E-state index in [2.05, 4.69) is 27.4 Å². The predicted octanol–water partition coefficient (Wildman–Crippen LogP) is 2.52. The van der Waals surface area contributed by atoms with Crippen molar-refractivity contribution >= 4 is 29.2 Å². The summed E-state index contributed by atoms with van der Waals surface area (Å²) in [5.41, 5.74) is 6.49.